The third-order valence-corrected chi connectivity index (χ3v) is 2.02. The van der Waals surface area contributed by atoms with E-state index in [0.29, 0.717) is 0 Å². The predicted octanol–water partition coefficient (Wildman–Crippen LogP) is 0.830. The first-order valence-corrected chi connectivity index (χ1v) is 5.08. The molecule has 5 nitrogen and oxygen atoms in total. The standard InChI is InChI=1S/C9H10ClF2N3O2/c10-7-4-13-3-6(14-7)9(17)15(1-2-16)5-8(11)12/h3-4,8,16H,1-2,5H2. The summed E-state index contributed by atoms with van der Waals surface area (Å²) in [6, 6.07) is 0. The van der Waals surface area contributed by atoms with Gasteiger partial charge in [-0.2, -0.15) is 0 Å². The molecule has 1 amide bonds. The number of aliphatic hydroxyl groups excluding tert-OH is 1. The molecule has 1 rings (SSSR count). The van der Waals surface area contributed by atoms with E-state index in [4.69, 9.17) is 16.7 Å². The molecule has 0 bridgehead atoms. The molecule has 0 atom stereocenters. The number of carbonyl (C=O) groups excluding carboxylic acids is 1. The highest BCUT2D eigenvalue weighted by atomic mass is 35.5. The largest absolute Gasteiger partial charge is 0.395 e. The highest BCUT2D eigenvalue weighted by Gasteiger charge is 2.20. The number of rotatable bonds is 5. The highest BCUT2D eigenvalue weighted by molar-refractivity contribution is 6.29. The molecule has 0 aliphatic heterocycles. The number of amides is 1. The number of carbonyl (C=O) groups is 1. The van der Waals surface area contributed by atoms with Crippen LogP contribution < -0.4 is 0 Å². The van der Waals surface area contributed by atoms with E-state index in [1.807, 2.05) is 0 Å². The maximum atomic E-state index is 12.2. The van der Waals surface area contributed by atoms with Crippen molar-refractivity contribution in [3.63, 3.8) is 0 Å². The smallest absolute Gasteiger partial charge is 0.274 e. The Labute approximate surface area is 101 Å². The van der Waals surface area contributed by atoms with Crippen LogP contribution in [0.15, 0.2) is 12.4 Å². The van der Waals surface area contributed by atoms with Gasteiger partial charge in [-0.15, -0.1) is 0 Å². The number of aromatic nitrogens is 2. The van der Waals surface area contributed by atoms with Crippen LogP contribution in [-0.2, 0) is 0 Å². The van der Waals surface area contributed by atoms with Crippen molar-refractivity contribution in [3.8, 4) is 0 Å². The molecule has 0 fully saturated rings. The minimum atomic E-state index is -2.68. The number of alkyl halides is 2. The lowest BCUT2D eigenvalue weighted by Crippen LogP contribution is -2.37. The number of nitrogens with zero attached hydrogens (tertiary/aromatic N) is 3. The van der Waals surface area contributed by atoms with Crippen LogP contribution in [0.5, 0.6) is 0 Å². The quantitative estimate of drug-likeness (QED) is 0.856. The van der Waals surface area contributed by atoms with Gasteiger partial charge in [0.05, 0.1) is 25.5 Å². The third kappa shape index (κ3) is 4.20. The fourth-order valence-corrected chi connectivity index (χ4v) is 1.32. The second-order valence-corrected chi connectivity index (χ2v) is 3.48. The normalized spacial score (nSPS) is 10.6. The first-order chi connectivity index (χ1) is 8.04. The Morgan fingerprint density at radius 2 is 2.24 bits per heavy atom. The lowest BCUT2D eigenvalue weighted by atomic mass is 10.3. The zero-order valence-corrected chi connectivity index (χ0v) is 9.44. The van der Waals surface area contributed by atoms with Gasteiger partial charge in [0.25, 0.3) is 12.3 Å². The van der Waals surface area contributed by atoms with Crippen molar-refractivity contribution in [1.29, 1.82) is 0 Å². The van der Waals surface area contributed by atoms with E-state index in [-0.39, 0.29) is 17.4 Å². The topological polar surface area (TPSA) is 66.3 Å². The van der Waals surface area contributed by atoms with Gasteiger partial charge < -0.3 is 10.0 Å². The summed E-state index contributed by atoms with van der Waals surface area (Å²) in [5.41, 5.74) is -0.133. The van der Waals surface area contributed by atoms with Gasteiger partial charge in [-0.05, 0) is 0 Å². The van der Waals surface area contributed by atoms with Crippen LogP contribution in [0, 0.1) is 0 Å². The maximum absolute atomic E-state index is 12.2. The van der Waals surface area contributed by atoms with E-state index in [0.717, 1.165) is 11.1 Å². The number of hydrogen-bond acceptors (Lipinski definition) is 4. The molecule has 0 saturated carbocycles. The fraction of sp³-hybridized carbons (Fsp3) is 0.444. The summed E-state index contributed by atoms with van der Waals surface area (Å²) < 4.78 is 24.5. The summed E-state index contributed by atoms with van der Waals surface area (Å²) in [5, 5.41) is 8.70. The van der Waals surface area contributed by atoms with Gasteiger partial charge in [-0.25, -0.2) is 13.8 Å². The van der Waals surface area contributed by atoms with Crippen LogP contribution in [0.4, 0.5) is 8.78 Å². The Morgan fingerprint density at radius 1 is 1.53 bits per heavy atom. The Morgan fingerprint density at radius 3 is 2.76 bits per heavy atom. The van der Waals surface area contributed by atoms with Crippen molar-refractivity contribution in [2.45, 2.75) is 6.43 Å². The highest BCUT2D eigenvalue weighted by Crippen LogP contribution is 2.07. The molecule has 0 saturated heterocycles. The molecule has 0 aliphatic rings. The molecule has 1 heterocycles. The number of halogens is 3. The molecule has 8 heteroatoms. The fourth-order valence-electron chi connectivity index (χ4n) is 1.17. The van der Waals surface area contributed by atoms with Gasteiger partial charge in [0.2, 0.25) is 0 Å². The third-order valence-electron chi connectivity index (χ3n) is 1.84. The Bertz CT molecular complexity index is 392. The van der Waals surface area contributed by atoms with E-state index < -0.39 is 25.5 Å². The lowest BCUT2D eigenvalue weighted by Gasteiger charge is -2.20. The molecule has 0 unspecified atom stereocenters. The predicted molar refractivity (Wildman–Crippen MR) is 56.0 cm³/mol. The van der Waals surface area contributed by atoms with Crippen molar-refractivity contribution < 1.29 is 18.7 Å². The molecule has 1 aromatic heterocycles. The Balaban J connectivity index is 2.83. The molecule has 17 heavy (non-hydrogen) atoms. The molecule has 94 valence electrons. The first-order valence-electron chi connectivity index (χ1n) is 4.70. The zero-order valence-electron chi connectivity index (χ0n) is 8.68. The molecular weight excluding hydrogens is 256 g/mol. The summed E-state index contributed by atoms with van der Waals surface area (Å²) in [6.07, 6.45) is -0.330. The minimum Gasteiger partial charge on any atom is -0.395 e. The van der Waals surface area contributed by atoms with E-state index in [1.54, 1.807) is 0 Å². The molecule has 1 aromatic rings. The van der Waals surface area contributed by atoms with Gasteiger partial charge in [0.15, 0.2) is 0 Å². The number of hydrogen-bond donors (Lipinski definition) is 1. The first kappa shape index (κ1) is 13.7. The van der Waals surface area contributed by atoms with E-state index in [1.165, 1.54) is 6.20 Å². The second kappa shape index (κ2) is 6.41. The van der Waals surface area contributed by atoms with Crippen LogP contribution in [0.25, 0.3) is 0 Å². The Kier molecular flexibility index (Phi) is 5.17. The van der Waals surface area contributed by atoms with Gasteiger partial charge in [-0.3, -0.25) is 9.78 Å². The number of aliphatic hydroxyl groups is 1. The van der Waals surface area contributed by atoms with E-state index in [9.17, 15) is 13.6 Å². The molecule has 0 radical (unpaired) electrons. The van der Waals surface area contributed by atoms with Gasteiger partial charge >= 0.3 is 0 Å². The molecule has 0 aromatic carbocycles. The van der Waals surface area contributed by atoms with Crippen molar-refractivity contribution in [2.75, 3.05) is 19.7 Å². The average molecular weight is 266 g/mol. The summed E-state index contributed by atoms with van der Waals surface area (Å²) in [7, 11) is 0. The van der Waals surface area contributed by atoms with Crippen LogP contribution in [0.2, 0.25) is 5.15 Å². The molecule has 0 spiro atoms. The second-order valence-electron chi connectivity index (χ2n) is 3.09. The van der Waals surface area contributed by atoms with Crippen molar-refractivity contribution in [2.24, 2.45) is 0 Å². The zero-order chi connectivity index (χ0) is 12.8. The van der Waals surface area contributed by atoms with Crippen LogP contribution in [0.3, 0.4) is 0 Å². The van der Waals surface area contributed by atoms with Gasteiger partial charge in [0, 0.05) is 6.54 Å². The summed E-state index contributed by atoms with van der Waals surface area (Å²) in [6.45, 7) is -1.38. The van der Waals surface area contributed by atoms with Gasteiger partial charge in [0.1, 0.15) is 10.8 Å². The average Bonchev–Trinajstić information content (AvgIpc) is 2.27. The van der Waals surface area contributed by atoms with E-state index >= 15 is 0 Å². The van der Waals surface area contributed by atoms with Crippen molar-refractivity contribution in [1.82, 2.24) is 14.9 Å². The van der Waals surface area contributed by atoms with Crippen molar-refractivity contribution in [3.05, 3.63) is 23.2 Å². The Hall–Kier alpha value is -1.34. The van der Waals surface area contributed by atoms with Crippen molar-refractivity contribution >= 4 is 17.5 Å². The summed E-state index contributed by atoms with van der Waals surface area (Å²) >= 11 is 5.53. The molecular formula is C9H10ClF2N3O2. The molecule has 0 aliphatic carbocycles. The SMILES string of the molecule is O=C(c1cncc(Cl)n1)N(CCO)CC(F)F. The van der Waals surface area contributed by atoms with E-state index in [2.05, 4.69) is 9.97 Å². The monoisotopic (exact) mass is 265 g/mol. The summed E-state index contributed by atoms with van der Waals surface area (Å²) in [5.74, 6) is -0.741. The molecule has 1 N–H and O–H groups in total. The summed E-state index contributed by atoms with van der Waals surface area (Å²) in [4.78, 5) is 19.8. The lowest BCUT2D eigenvalue weighted by molar-refractivity contribution is 0.0504. The maximum Gasteiger partial charge on any atom is 0.274 e. The van der Waals surface area contributed by atoms with Gasteiger partial charge in [-0.1, -0.05) is 11.6 Å². The van der Waals surface area contributed by atoms with Crippen LogP contribution >= 0.6 is 11.6 Å². The minimum absolute atomic E-state index is 0.00292. The van der Waals surface area contributed by atoms with Crippen LogP contribution in [-0.4, -0.2) is 52.0 Å². The van der Waals surface area contributed by atoms with Crippen LogP contribution in [0.1, 0.15) is 10.5 Å².